The van der Waals surface area contributed by atoms with Crippen LogP contribution in [0.4, 0.5) is 0 Å². The summed E-state index contributed by atoms with van der Waals surface area (Å²) in [7, 11) is 1.53. The number of ketones is 1. The molecule has 8 heteroatoms. The van der Waals surface area contributed by atoms with Crippen LogP contribution in [0.3, 0.4) is 0 Å². The monoisotopic (exact) mass is 515 g/mol. The Balaban J connectivity index is 1.60. The number of amides is 1. The van der Waals surface area contributed by atoms with Crippen LogP contribution in [0.25, 0.3) is 5.76 Å². The van der Waals surface area contributed by atoms with Crippen molar-refractivity contribution in [2.24, 2.45) is 0 Å². The van der Waals surface area contributed by atoms with Crippen LogP contribution in [0.2, 0.25) is 0 Å². The summed E-state index contributed by atoms with van der Waals surface area (Å²) in [4.78, 5) is 28.3. The molecule has 0 aromatic heterocycles. The molecule has 2 aliphatic heterocycles. The van der Waals surface area contributed by atoms with E-state index in [9.17, 15) is 14.7 Å². The number of aliphatic hydroxyl groups is 1. The molecule has 2 heterocycles. The molecule has 1 atom stereocenters. The first-order valence-electron chi connectivity index (χ1n) is 12.5. The van der Waals surface area contributed by atoms with Crippen LogP contribution in [0.1, 0.15) is 29.7 Å². The number of fused-ring (bicyclic) bond motifs is 1. The molecule has 3 aromatic rings. The Kier molecular flexibility index (Phi) is 7.22. The summed E-state index contributed by atoms with van der Waals surface area (Å²) in [5, 5.41) is 11.4. The molecule has 1 amide bonds. The lowest BCUT2D eigenvalue weighted by Crippen LogP contribution is -2.31. The van der Waals surface area contributed by atoms with Crippen LogP contribution in [-0.4, -0.2) is 55.2 Å². The molecule has 0 bridgehead atoms. The van der Waals surface area contributed by atoms with E-state index in [2.05, 4.69) is 0 Å². The Bertz CT molecular complexity index is 1380. The number of carbonyl (C=O) groups is 2. The second-order valence-electron chi connectivity index (χ2n) is 8.93. The van der Waals surface area contributed by atoms with Gasteiger partial charge in [-0.05, 0) is 54.8 Å². The van der Waals surface area contributed by atoms with E-state index in [1.54, 1.807) is 36.4 Å². The molecule has 1 N–H and O–H groups in total. The highest BCUT2D eigenvalue weighted by Gasteiger charge is 2.46. The second-order valence-corrected chi connectivity index (χ2v) is 8.93. The number of carbonyl (C=O) groups excluding carboxylic acids is 2. The third-order valence-corrected chi connectivity index (χ3v) is 6.64. The van der Waals surface area contributed by atoms with E-state index >= 15 is 0 Å². The molecule has 0 spiro atoms. The minimum absolute atomic E-state index is 0.00551. The van der Waals surface area contributed by atoms with Gasteiger partial charge in [-0.3, -0.25) is 9.59 Å². The van der Waals surface area contributed by atoms with E-state index in [4.69, 9.17) is 18.9 Å². The van der Waals surface area contributed by atoms with Gasteiger partial charge in [0.25, 0.3) is 11.7 Å². The summed E-state index contributed by atoms with van der Waals surface area (Å²) in [5.41, 5.74) is 2.02. The van der Waals surface area contributed by atoms with Gasteiger partial charge in [0.2, 0.25) is 0 Å². The molecule has 1 fully saturated rings. The summed E-state index contributed by atoms with van der Waals surface area (Å²) >= 11 is 0. The highest BCUT2D eigenvalue weighted by molar-refractivity contribution is 6.46. The van der Waals surface area contributed by atoms with Crippen LogP contribution < -0.4 is 18.9 Å². The predicted octanol–water partition coefficient (Wildman–Crippen LogP) is 4.53. The highest BCUT2D eigenvalue weighted by atomic mass is 16.6. The number of Topliss-reactive ketones (excluding diaryl/α,β-unsaturated/α-hetero) is 1. The topological polar surface area (TPSA) is 94.5 Å². The maximum Gasteiger partial charge on any atom is 0.295 e. The van der Waals surface area contributed by atoms with Crippen molar-refractivity contribution in [1.82, 2.24) is 4.90 Å². The normalized spacial score (nSPS) is 17.9. The zero-order valence-corrected chi connectivity index (χ0v) is 21.3. The molecule has 2 aliphatic rings. The summed E-state index contributed by atoms with van der Waals surface area (Å²) in [6.45, 7) is 3.43. The third kappa shape index (κ3) is 4.77. The maximum atomic E-state index is 13.4. The number of aliphatic hydroxyl groups excluding tert-OH is 1. The average molecular weight is 516 g/mol. The molecule has 1 unspecified atom stereocenters. The maximum absolute atomic E-state index is 13.4. The first-order chi connectivity index (χ1) is 18.5. The summed E-state index contributed by atoms with van der Waals surface area (Å²) in [6.07, 6.45) is 0.544. The van der Waals surface area contributed by atoms with Gasteiger partial charge in [0, 0.05) is 12.1 Å². The molecular weight excluding hydrogens is 486 g/mol. The van der Waals surface area contributed by atoms with Crippen LogP contribution >= 0.6 is 0 Å². The van der Waals surface area contributed by atoms with Gasteiger partial charge in [0.05, 0.1) is 25.3 Å². The molecule has 0 aliphatic carbocycles. The SMILES string of the molecule is CCOc1ccc(C2C(=C(O)c3ccc4c(c3)OCCO4)C(=O)C(=O)N2CCc2ccccc2)cc1OC. The lowest BCUT2D eigenvalue weighted by molar-refractivity contribution is -0.139. The number of nitrogens with zero attached hydrogens (tertiary/aromatic N) is 1. The smallest absolute Gasteiger partial charge is 0.295 e. The molecule has 8 nitrogen and oxygen atoms in total. The molecule has 0 saturated carbocycles. The van der Waals surface area contributed by atoms with Crippen molar-refractivity contribution < 1.29 is 33.6 Å². The van der Waals surface area contributed by atoms with E-state index in [1.807, 2.05) is 37.3 Å². The van der Waals surface area contributed by atoms with Crippen molar-refractivity contribution in [1.29, 1.82) is 0 Å². The fourth-order valence-corrected chi connectivity index (χ4v) is 4.83. The Morgan fingerprint density at radius 3 is 2.47 bits per heavy atom. The van der Waals surface area contributed by atoms with Gasteiger partial charge in [-0.2, -0.15) is 0 Å². The fourth-order valence-electron chi connectivity index (χ4n) is 4.83. The minimum atomic E-state index is -0.823. The van der Waals surface area contributed by atoms with Crippen LogP contribution in [0.5, 0.6) is 23.0 Å². The molecular formula is C30H29NO7. The molecule has 0 radical (unpaired) electrons. The second kappa shape index (κ2) is 10.9. The molecule has 38 heavy (non-hydrogen) atoms. The van der Waals surface area contributed by atoms with Gasteiger partial charge in [0.15, 0.2) is 23.0 Å². The summed E-state index contributed by atoms with van der Waals surface area (Å²) < 4.78 is 22.4. The lowest BCUT2D eigenvalue weighted by Gasteiger charge is -2.26. The van der Waals surface area contributed by atoms with Gasteiger partial charge in [-0.25, -0.2) is 0 Å². The van der Waals surface area contributed by atoms with Gasteiger partial charge < -0.3 is 29.0 Å². The molecule has 1 saturated heterocycles. The quantitative estimate of drug-likeness (QED) is 0.268. The largest absolute Gasteiger partial charge is 0.507 e. The highest BCUT2D eigenvalue weighted by Crippen LogP contribution is 2.43. The number of likely N-dealkylation sites (tertiary alicyclic amines) is 1. The third-order valence-electron chi connectivity index (χ3n) is 6.64. The Morgan fingerprint density at radius 2 is 1.74 bits per heavy atom. The molecule has 196 valence electrons. The van der Waals surface area contributed by atoms with Crippen LogP contribution in [0.15, 0.2) is 72.3 Å². The number of methoxy groups -OCH3 is 1. The van der Waals surface area contributed by atoms with Crippen molar-refractivity contribution in [2.45, 2.75) is 19.4 Å². The van der Waals surface area contributed by atoms with Crippen molar-refractivity contribution in [3.8, 4) is 23.0 Å². The number of hydrogen-bond donors (Lipinski definition) is 1. The minimum Gasteiger partial charge on any atom is -0.507 e. The first-order valence-corrected chi connectivity index (χ1v) is 12.5. The summed E-state index contributed by atoms with van der Waals surface area (Å²) in [6, 6.07) is 19.1. The van der Waals surface area contributed by atoms with Gasteiger partial charge in [-0.1, -0.05) is 36.4 Å². The predicted molar refractivity (Wildman–Crippen MR) is 141 cm³/mol. The van der Waals surface area contributed by atoms with Crippen molar-refractivity contribution >= 4 is 17.4 Å². The van der Waals surface area contributed by atoms with Crippen molar-refractivity contribution in [2.75, 3.05) is 33.5 Å². The van der Waals surface area contributed by atoms with Crippen molar-refractivity contribution in [3.05, 3.63) is 89.0 Å². The zero-order chi connectivity index (χ0) is 26.6. The standard InChI is InChI=1S/C30H29NO7/c1-3-36-22-11-9-20(17-24(22)35-2)27-26(28(32)21-10-12-23-25(18-21)38-16-15-37-23)29(33)30(34)31(27)14-13-19-7-5-4-6-8-19/h4-12,17-18,27,32H,3,13-16H2,1-2H3. The number of ether oxygens (including phenoxy) is 4. The van der Waals surface area contributed by atoms with E-state index in [1.165, 1.54) is 12.0 Å². The number of benzene rings is 3. The lowest BCUT2D eigenvalue weighted by atomic mass is 9.94. The first kappa shape index (κ1) is 25.2. The number of hydrogen-bond acceptors (Lipinski definition) is 7. The zero-order valence-electron chi connectivity index (χ0n) is 21.3. The van der Waals surface area contributed by atoms with E-state index in [0.717, 1.165) is 5.56 Å². The van der Waals surface area contributed by atoms with E-state index in [0.29, 0.717) is 60.4 Å². The Morgan fingerprint density at radius 1 is 0.974 bits per heavy atom. The van der Waals surface area contributed by atoms with E-state index in [-0.39, 0.29) is 17.9 Å². The van der Waals surface area contributed by atoms with Gasteiger partial charge in [-0.15, -0.1) is 0 Å². The van der Waals surface area contributed by atoms with Gasteiger partial charge >= 0.3 is 0 Å². The Hall–Kier alpha value is -4.46. The summed E-state index contributed by atoms with van der Waals surface area (Å²) in [5.74, 6) is 0.354. The van der Waals surface area contributed by atoms with Gasteiger partial charge in [0.1, 0.15) is 19.0 Å². The average Bonchev–Trinajstić information content (AvgIpc) is 3.21. The van der Waals surface area contributed by atoms with Crippen LogP contribution in [-0.2, 0) is 16.0 Å². The number of rotatable bonds is 8. The van der Waals surface area contributed by atoms with E-state index < -0.39 is 17.7 Å². The van der Waals surface area contributed by atoms with Crippen molar-refractivity contribution in [3.63, 3.8) is 0 Å². The van der Waals surface area contributed by atoms with Crippen LogP contribution in [0, 0.1) is 0 Å². The fraction of sp³-hybridized carbons (Fsp3) is 0.267. The molecule has 5 rings (SSSR count). The molecule has 3 aromatic carbocycles. The Labute approximate surface area is 221 Å².